The Morgan fingerprint density at radius 1 is 1.40 bits per heavy atom. The van der Waals surface area contributed by atoms with E-state index in [2.05, 4.69) is 0 Å². The molecule has 6 heteroatoms. The van der Waals surface area contributed by atoms with Gasteiger partial charge in [0.1, 0.15) is 0 Å². The van der Waals surface area contributed by atoms with E-state index in [4.69, 9.17) is 23.2 Å². The minimum Gasteiger partial charge on any atom is -0.373 e. The quantitative estimate of drug-likeness (QED) is 0.846. The molecule has 1 unspecified atom stereocenters. The van der Waals surface area contributed by atoms with Crippen molar-refractivity contribution in [3.05, 3.63) is 28.2 Å². The molecule has 1 aliphatic heterocycles. The maximum Gasteiger partial charge on any atom is 0.267 e. The molecule has 0 aromatic heterocycles. The molecule has 1 heterocycles. The molecule has 0 radical (unpaired) electrons. The zero-order chi connectivity index (χ0) is 11.0. The Bertz CT molecular complexity index is 413. The van der Waals surface area contributed by atoms with Crippen LogP contribution >= 0.6 is 35.0 Å². The summed E-state index contributed by atoms with van der Waals surface area (Å²) in [4.78, 5) is 13.0. The third kappa shape index (κ3) is 2.08. The fourth-order valence-corrected chi connectivity index (χ4v) is 2.40. The molecule has 0 spiro atoms. The molecule has 80 valence electrons. The second-order valence-electron chi connectivity index (χ2n) is 3.01. The number of aliphatic hydroxyl groups is 1. The molecule has 0 aliphatic carbocycles. The van der Waals surface area contributed by atoms with Crippen molar-refractivity contribution < 1.29 is 9.90 Å². The predicted molar refractivity (Wildman–Crippen MR) is 62.4 cm³/mol. The van der Waals surface area contributed by atoms with Crippen LogP contribution in [0.25, 0.3) is 0 Å². The smallest absolute Gasteiger partial charge is 0.267 e. The summed E-state index contributed by atoms with van der Waals surface area (Å²) in [5.41, 5.74) is -0.321. The van der Waals surface area contributed by atoms with Gasteiger partial charge in [-0.3, -0.25) is 9.69 Å². The zero-order valence-electron chi connectivity index (χ0n) is 7.48. The van der Waals surface area contributed by atoms with Crippen LogP contribution in [0.15, 0.2) is 18.2 Å². The van der Waals surface area contributed by atoms with E-state index in [1.54, 1.807) is 18.2 Å². The highest BCUT2D eigenvalue weighted by Gasteiger charge is 2.31. The van der Waals surface area contributed by atoms with Crippen molar-refractivity contribution in [2.75, 3.05) is 10.8 Å². The molecule has 1 aliphatic rings. The van der Waals surface area contributed by atoms with E-state index in [0.29, 0.717) is 21.6 Å². The molecule has 0 saturated carbocycles. The topological polar surface area (TPSA) is 40.5 Å². The lowest BCUT2D eigenvalue weighted by atomic mass is 10.3. The van der Waals surface area contributed by atoms with Crippen LogP contribution in [0.4, 0.5) is 5.69 Å². The second kappa shape index (κ2) is 4.22. The Labute approximate surface area is 101 Å². The number of benzene rings is 1. The van der Waals surface area contributed by atoms with E-state index >= 15 is 0 Å². The maximum atomic E-state index is 11.5. The Morgan fingerprint density at radius 3 is 2.67 bits per heavy atom. The molecule has 1 N–H and O–H groups in total. The summed E-state index contributed by atoms with van der Waals surface area (Å²) in [5, 5.41) is 10.1. The standard InChI is InChI=1S/C9H7Cl2NO2S/c10-6-2-1-5(3-7(6)11)12-4-15-9(14)8(12)13/h1-3,9,14H,4H2. The van der Waals surface area contributed by atoms with Crippen molar-refractivity contribution in [2.24, 2.45) is 0 Å². The minimum absolute atomic E-state index is 0.321. The number of amides is 1. The van der Waals surface area contributed by atoms with Crippen LogP contribution in [0.3, 0.4) is 0 Å². The van der Waals surface area contributed by atoms with Crippen molar-refractivity contribution in [2.45, 2.75) is 5.44 Å². The SMILES string of the molecule is O=C1C(O)SCN1c1ccc(Cl)c(Cl)c1. The fourth-order valence-electron chi connectivity index (χ4n) is 1.27. The number of nitrogens with zero attached hydrogens (tertiary/aromatic N) is 1. The van der Waals surface area contributed by atoms with Gasteiger partial charge in [0, 0.05) is 5.69 Å². The van der Waals surface area contributed by atoms with Gasteiger partial charge in [0.2, 0.25) is 0 Å². The summed E-state index contributed by atoms with van der Waals surface area (Å²) < 4.78 is 0. The highest BCUT2D eigenvalue weighted by molar-refractivity contribution is 8.01. The number of hydrogen-bond acceptors (Lipinski definition) is 3. The van der Waals surface area contributed by atoms with Crippen LogP contribution in [0, 0.1) is 0 Å². The molecule has 1 fully saturated rings. The van der Waals surface area contributed by atoms with Gasteiger partial charge in [-0.25, -0.2) is 0 Å². The van der Waals surface area contributed by atoms with Crippen LogP contribution in [0.2, 0.25) is 10.0 Å². The molecule has 0 bridgehead atoms. The third-order valence-corrected chi connectivity index (χ3v) is 3.72. The van der Waals surface area contributed by atoms with Gasteiger partial charge in [0.05, 0.1) is 15.9 Å². The van der Waals surface area contributed by atoms with Crippen molar-refractivity contribution in [1.82, 2.24) is 0 Å². The second-order valence-corrected chi connectivity index (χ2v) is 4.87. The molecule has 15 heavy (non-hydrogen) atoms. The number of thioether (sulfide) groups is 1. The zero-order valence-corrected chi connectivity index (χ0v) is 9.81. The van der Waals surface area contributed by atoms with E-state index in [0.717, 1.165) is 0 Å². The van der Waals surface area contributed by atoms with Crippen LogP contribution in [0.1, 0.15) is 0 Å². The number of rotatable bonds is 1. The lowest BCUT2D eigenvalue weighted by molar-refractivity contribution is -0.121. The van der Waals surface area contributed by atoms with Crippen LogP contribution < -0.4 is 4.90 Å². The van der Waals surface area contributed by atoms with E-state index in [1.165, 1.54) is 16.7 Å². The summed E-state index contributed by atoms with van der Waals surface area (Å²) in [7, 11) is 0. The first-order valence-electron chi connectivity index (χ1n) is 4.15. The van der Waals surface area contributed by atoms with Crippen molar-refractivity contribution in [3.63, 3.8) is 0 Å². The predicted octanol–water partition coefficient (Wildman–Crippen LogP) is 2.35. The number of carbonyl (C=O) groups is 1. The average molecular weight is 264 g/mol. The summed E-state index contributed by atoms with van der Waals surface area (Å²) in [6, 6.07) is 4.94. The number of halogens is 2. The number of aliphatic hydroxyl groups excluding tert-OH is 1. The monoisotopic (exact) mass is 263 g/mol. The summed E-state index contributed by atoms with van der Waals surface area (Å²) >= 11 is 12.8. The van der Waals surface area contributed by atoms with E-state index in [1.807, 2.05) is 0 Å². The van der Waals surface area contributed by atoms with Gasteiger partial charge in [-0.2, -0.15) is 0 Å². The highest BCUT2D eigenvalue weighted by atomic mass is 35.5. The Kier molecular flexibility index (Phi) is 3.11. The van der Waals surface area contributed by atoms with Gasteiger partial charge in [0.15, 0.2) is 5.44 Å². The molecule has 1 aromatic rings. The van der Waals surface area contributed by atoms with E-state index in [-0.39, 0.29) is 5.91 Å². The Hall–Kier alpha value is -0.420. The van der Waals surface area contributed by atoms with Gasteiger partial charge in [0.25, 0.3) is 5.91 Å². The van der Waals surface area contributed by atoms with E-state index < -0.39 is 5.44 Å². The van der Waals surface area contributed by atoms with Gasteiger partial charge in [-0.1, -0.05) is 35.0 Å². The van der Waals surface area contributed by atoms with Gasteiger partial charge < -0.3 is 5.11 Å². The minimum atomic E-state index is -0.973. The Morgan fingerprint density at radius 2 is 2.13 bits per heavy atom. The molecule has 3 nitrogen and oxygen atoms in total. The van der Waals surface area contributed by atoms with Crippen molar-refractivity contribution in [3.8, 4) is 0 Å². The highest BCUT2D eigenvalue weighted by Crippen LogP contribution is 2.32. The first kappa shape index (κ1) is 11.1. The normalized spacial score (nSPS) is 21.1. The van der Waals surface area contributed by atoms with Crippen LogP contribution in [-0.2, 0) is 4.79 Å². The first-order chi connectivity index (χ1) is 7.09. The summed E-state index contributed by atoms with van der Waals surface area (Å²) in [6.07, 6.45) is 0. The molecule has 1 saturated heterocycles. The van der Waals surface area contributed by atoms with Crippen LogP contribution in [0.5, 0.6) is 0 Å². The maximum absolute atomic E-state index is 11.5. The van der Waals surface area contributed by atoms with E-state index in [9.17, 15) is 9.90 Å². The molecular formula is C9H7Cl2NO2S. The van der Waals surface area contributed by atoms with Gasteiger partial charge in [-0.05, 0) is 18.2 Å². The largest absolute Gasteiger partial charge is 0.373 e. The number of anilines is 1. The third-order valence-electron chi connectivity index (χ3n) is 2.05. The Balaban J connectivity index is 2.31. The van der Waals surface area contributed by atoms with Gasteiger partial charge >= 0.3 is 0 Å². The van der Waals surface area contributed by atoms with Crippen molar-refractivity contribution in [1.29, 1.82) is 0 Å². The molecule has 2 rings (SSSR count). The summed E-state index contributed by atoms with van der Waals surface area (Å²) in [5.74, 6) is 0.108. The lowest BCUT2D eigenvalue weighted by Gasteiger charge is -2.15. The lowest BCUT2D eigenvalue weighted by Crippen LogP contribution is -2.28. The van der Waals surface area contributed by atoms with Crippen LogP contribution in [-0.4, -0.2) is 22.3 Å². The number of hydrogen-bond donors (Lipinski definition) is 1. The molecular weight excluding hydrogens is 257 g/mol. The summed E-state index contributed by atoms with van der Waals surface area (Å²) in [6.45, 7) is 0. The first-order valence-corrected chi connectivity index (χ1v) is 5.96. The molecule has 1 amide bonds. The fraction of sp³-hybridized carbons (Fsp3) is 0.222. The molecule has 1 atom stereocenters. The van der Waals surface area contributed by atoms with Crippen molar-refractivity contribution >= 4 is 46.6 Å². The average Bonchev–Trinajstić information content (AvgIpc) is 2.53. The molecule has 1 aromatic carbocycles. The van der Waals surface area contributed by atoms with Gasteiger partial charge in [-0.15, -0.1) is 0 Å². The number of carbonyl (C=O) groups excluding carboxylic acids is 1.